The number of carbonyl (C=O) groups excluding carboxylic acids is 1. The first-order valence-corrected chi connectivity index (χ1v) is 6.89. The minimum Gasteiger partial charge on any atom is -0.493 e. The summed E-state index contributed by atoms with van der Waals surface area (Å²) in [5.41, 5.74) is -2.13. The Morgan fingerprint density at radius 3 is 2.81 bits per heavy atom. The number of rotatable bonds is 4. The molecule has 0 spiro atoms. The lowest BCUT2D eigenvalue weighted by atomic mass is 10.1. The average Bonchev–Trinajstić information content (AvgIpc) is 2.83. The minimum absolute atomic E-state index is 0.0514. The fraction of sp³-hybridized carbons (Fsp3) is 0.429. The molecule has 5 nitrogen and oxygen atoms in total. The summed E-state index contributed by atoms with van der Waals surface area (Å²) in [5, 5.41) is 9.28. The fourth-order valence-electron chi connectivity index (χ4n) is 2.24. The van der Waals surface area contributed by atoms with Crippen molar-refractivity contribution in [1.29, 1.82) is 0 Å². The molecule has 1 heterocycles. The zero-order chi connectivity index (χ0) is 15.6. The summed E-state index contributed by atoms with van der Waals surface area (Å²) in [4.78, 5) is 24.5. The van der Waals surface area contributed by atoms with Crippen molar-refractivity contribution in [2.45, 2.75) is 19.0 Å². The van der Waals surface area contributed by atoms with Gasteiger partial charge in [0, 0.05) is 18.0 Å². The highest BCUT2D eigenvalue weighted by Crippen LogP contribution is 2.30. The predicted octanol–water partition coefficient (Wildman–Crippen LogP) is 2.38. The van der Waals surface area contributed by atoms with Crippen LogP contribution in [-0.2, 0) is 4.79 Å². The van der Waals surface area contributed by atoms with Crippen LogP contribution < -0.4 is 4.74 Å². The van der Waals surface area contributed by atoms with Crippen molar-refractivity contribution in [3.8, 4) is 5.75 Å². The van der Waals surface area contributed by atoms with Gasteiger partial charge in [-0.1, -0.05) is 11.6 Å². The van der Waals surface area contributed by atoms with Gasteiger partial charge < -0.3 is 14.7 Å². The number of aliphatic carboxylic acids is 1. The smallest absolute Gasteiger partial charge is 0.343 e. The van der Waals surface area contributed by atoms with Gasteiger partial charge in [-0.05, 0) is 25.1 Å². The van der Waals surface area contributed by atoms with Crippen molar-refractivity contribution in [3.63, 3.8) is 0 Å². The first-order chi connectivity index (χ1) is 9.87. The maximum absolute atomic E-state index is 14.0. The lowest BCUT2D eigenvalue weighted by molar-refractivity contribution is -0.149. The van der Waals surface area contributed by atoms with Crippen LogP contribution in [0.5, 0.6) is 5.75 Å². The predicted molar refractivity (Wildman–Crippen MR) is 74.6 cm³/mol. The molecule has 0 radical (unpaired) electrons. The number of amides is 1. The molecule has 0 saturated carbocycles. The standard InChI is InChI=1S/C14H15ClFNO4/c1-2-21-11-7-9(15)3-4-10(11)12(18)17-6-5-14(16,8-17)13(19)20/h3-4,7H,2,5-6,8H2,1H3,(H,19,20). The van der Waals surface area contributed by atoms with E-state index in [9.17, 15) is 14.0 Å². The highest BCUT2D eigenvalue weighted by Gasteiger charge is 2.47. The Morgan fingerprint density at radius 1 is 1.52 bits per heavy atom. The van der Waals surface area contributed by atoms with E-state index in [1.165, 1.54) is 23.1 Å². The largest absolute Gasteiger partial charge is 0.493 e. The minimum atomic E-state index is -2.38. The van der Waals surface area contributed by atoms with E-state index >= 15 is 0 Å². The van der Waals surface area contributed by atoms with Gasteiger partial charge >= 0.3 is 5.97 Å². The summed E-state index contributed by atoms with van der Waals surface area (Å²) in [6.07, 6.45) is -0.217. The normalized spacial score (nSPS) is 21.4. The number of carbonyl (C=O) groups is 2. The third kappa shape index (κ3) is 3.10. The van der Waals surface area contributed by atoms with Gasteiger partial charge in [-0.3, -0.25) is 4.79 Å². The van der Waals surface area contributed by atoms with E-state index in [1.54, 1.807) is 6.92 Å². The number of hydrogen-bond acceptors (Lipinski definition) is 3. The van der Waals surface area contributed by atoms with Gasteiger partial charge in [-0.15, -0.1) is 0 Å². The number of halogens is 2. The molecule has 1 atom stereocenters. The van der Waals surface area contributed by atoms with Gasteiger partial charge in [0.25, 0.3) is 5.91 Å². The van der Waals surface area contributed by atoms with Gasteiger partial charge in [0.05, 0.1) is 18.7 Å². The summed E-state index contributed by atoms with van der Waals surface area (Å²) < 4.78 is 19.4. The van der Waals surface area contributed by atoms with Crippen molar-refractivity contribution in [1.82, 2.24) is 4.90 Å². The summed E-state index contributed by atoms with van der Waals surface area (Å²) in [5.74, 6) is -1.70. The molecule has 0 aromatic heterocycles. The van der Waals surface area contributed by atoms with E-state index in [-0.39, 0.29) is 18.5 Å². The van der Waals surface area contributed by atoms with Gasteiger partial charge in [0.15, 0.2) is 0 Å². The SMILES string of the molecule is CCOc1cc(Cl)ccc1C(=O)N1CCC(F)(C(=O)O)C1. The molecule has 1 aliphatic heterocycles. The van der Waals surface area contributed by atoms with E-state index in [2.05, 4.69) is 0 Å². The molecule has 1 saturated heterocycles. The van der Waals surface area contributed by atoms with Crippen LogP contribution in [0.15, 0.2) is 18.2 Å². The third-order valence-corrected chi connectivity index (χ3v) is 3.60. The number of likely N-dealkylation sites (tertiary alicyclic amines) is 1. The Hall–Kier alpha value is -1.82. The molecule has 0 aliphatic carbocycles. The van der Waals surface area contributed by atoms with E-state index < -0.39 is 24.1 Å². The van der Waals surface area contributed by atoms with Crippen LogP contribution in [-0.4, -0.2) is 47.2 Å². The highest BCUT2D eigenvalue weighted by atomic mass is 35.5. The first-order valence-electron chi connectivity index (χ1n) is 6.51. The second-order valence-corrected chi connectivity index (χ2v) is 5.26. The van der Waals surface area contributed by atoms with E-state index in [4.69, 9.17) is 21.4 Å². The monoisotopic (exact) mass is 315 g/mol. The van der Waals surface area contributed by atoms with Crippen LogP contribution >= 0.6 is 11.6 Å². The number of ether oxygens (including phenoxy) is 1. The molecular weight excluding hydrogens is 301 g/mol. The van der Waals surface area contributed by atoms with Crippen molar-refractivity contribution < 1.29 is 23.8 Å². The summed E-state index contributed by atoms with van der Waals surface area (Å²) in [7, 11) is 0. The lowest BCUT2D eigenvalue weighted by Crippen LogP contribution is -2.39. The van der Waals surface area contributed by atoms with E-state index in [0.717, 1.165) is 0 Å². The maximum Gasteiger partial charge on any atom is 0.343 e. The average molecular weight is 316 g/mol. The number of alkyl halides is 1. The zero-order valence-corrected chi connectivity index (χ0v) is 12.2. The number of nitrogens with zero attached hydrogens (tertiary/aromatic N) is 1. The van der Waals surface area contributed by atoms with Crippen molar-refractivity contribution in [2.75, 3.05) is 19.7 Å². The first kappa shape index (κ1) is 15.6. The third-order valence-electron chi connectivity index (χ3n) is 3.36. The van der Waals surface area contributed by atoms with Crippen LogP contribution in [0.3, 0.4) is 0 Å². The maximum atomic E-state index is 14.0. The number of carboxylic acid groups (broad SMARTS) is 1. The molecule has 1 amide bonds. The highest BCUT2D eigenvalue weighted by molar-refractivity contribution is 6.30. The molecule has 21 heavy (non-hydrogen) atoms. The number of carboxylic acids is 1. The van der Waals surface area contributed by atoms with Crippen molar-refractivity contribution in [3.05, 3.63) is 28.8 Å². The second kappa shape index (κ2) is 5.89. The molecule has 7 heteroatoms. The zero-order valence-electron chi connectivity index (χ0n) is 11.4. The van der Waals surface area contributed by atoms with Crippen LogP contribution in [0.1, 0.15) is 23.7 Å². The van der Waals surface area contributed by atoms with Crippen molar-refractivity contribution in [2.24, 2.45) is 0 Å². The van der Waals surface area contributed by atoms with Crippen molar-refractivity contribution >= 4 is 23.5 Å². The topological polar surface area (TPSA) is 66.8 Å². The quantitative estimate of drug-likeness (QED) is 0.926. The Balaban J connectivity index is 2.24. The van der Waals surface area contributed by atoms with Crippen LogP contribution in [0.25, 0.3) is 0 Å². The summed E-state index contributed by atoms with van der Waals surface area (Å²) in [6.45, 7) is 1.70. The Kier molecular flexibility index (Phi) is 4.37. The summed E-state index contributed by atoms with van der Waals surface area (Å²) >= 11 is 5.86. The van der Waals surface area contributed by atoms with Gasteiger partial charge in [0.2, 0.25) is 5.67 Å². The van der Waals surface area contributed by atoms with Crippen LogP contribution in [0, 0.1) is 0 Å². The molecule has 0 bridgehead atoms. The molecule has 114 valence electrons. The molecule has 1 aliphatic rings. The Morgan fingerprint density at radius 2 is 2.24 bits per heavy atom. The molecule has 1 aromatic rings. The molecule has 1 N–H and O–H groups in total. The fourth-order valence-corrected chi connectivity index (χ4v) is 2.40. The second-order valence-electron chi connectivity index (χ2n) is 4.82. The molecule has 2 rings (SSSR count). The molecule has 1 unspecified atom stereocenters. The van der Waals surface area contributed by atoms with E-state index in [1.807, 2.05) is 0 Å². The van der Waals surface area contributed by atoms with Gasteiger partial charge in [-0.25, -0.2) is 9.18 Å². The van der Waals surface area contributed by atoms with E-state index in [0.29, 0.717) is 17.4 Å². The number of benzene rings is 1. The van der Waals surface area contributed by atoms with Crippen LogP contribution in [0.4, 0.5) is 4.39 Å². The Bertz CT molecular complexity index is 580. The molecule has 1 aromatic carbocycles. The summed E-state index contributed by atoms with van der Waals surface area (Å²) in [6, 6.07) is 4.54. The Labute approximate surface area is 126 Å². The molecular formula is C14H15ClFNO4. The molecule has 1 fully saturated rings. The van der Waals surface area contributed by atoms with Crippen LogP contribution in [0.2, 0.25) is 5.02 Å². The lowest BCUT2D eigenvalue weighted by Gasteiger charge is -2.19. The number of hydrogen-bond donors (Lipinski definition) is 1. The van der Waals surface area contributed by atoms with Gasteiger partial charge in [-0.2, -0.15) is 0 Å². The van der Waals surface area contributed by atoms with Gasteiger partial charge in [0.1, 0.15) is 5.75 Å².